The van der Waals surface area contributed by atoms with Crippen LogP contribution in [-0.4, -0.2) is 23.1 Å². The lowest BCUT2D eigenvalue weighted by Crippen LogP contribution is -2.05. The van der Waals surface area contributed by atoms with Crippen molar-refractivity contribution in [2.45, 2.75) is 95.9 Å². The van der Waals surface area contributed by atoms with Gasteiger partial charge in [0.2, 0.25) is 0 Å². The molecule has 0 spiro atoms. The first-order valence-electron chi connectivity index (χ1n) is 11.4. The Morgan fingerprint density at radius 2 is 0.906 bits per heavy atom. The Hall–Kier alpha value is -2.50. The standard InChI is InChI=1S/C11H19N3.C7H11N3.2C3H8.2CH4/c1-4-9-7-10(12-5-2)14-11(8-9)13-6-3;1-2-5-3-6(8)10-7(9)4-5;2*1-3-2;;/h7-8H,4-6H2,1-3H3,(H2,12,13,14);3-4H,2H2,1H3,(H4,8,9,10);2*3H2,1-2H3;2*1H4. The molecule has 6 nitrogen and oxygen atoms in total. The number of nitrogen functional groups attached to an aromatic ring is 2. The molecule has 2 aromatic rings. The number of hydrogen-bond acceptors (Lipinski definition) is 6. The maximum atomic E-state index is 5.44. The second-order valence-corrected chi connectivity index (χ2v) is 6.75. The fraction of sp³-hybridized carbons (Fsp3) is 0.615. The molecule has 0 atom stereocenters. The average Bonchev–Trinajstić information content (AvgIpc) is 2.69. The molecule has 0 aliphatic rings. The smallest absolute Gasteiger partial charge is 0.128 e. The first-order valence-corrected chi connectivity index (χ1v) is 11.4. The SMILES string of the molecule is C.C.CCC.CCC.CCNc1cc(CC)cc(NCC)n1.CCc1cc(N)nc(N)c1. The number of aromatic nitrogens is 2. The van der Waals surface area contributed by atoms with Crippen LogP contribution in [0.2, 0.25) is 0 Å². The Morgan fingerprint density at radius 1 is 0.594 bits per heavy atom. The van der Waals surface area contributed by atoms with Gasteiger partial charge in [0, 0.05) is 13.1 Å². The average molecular weight is 451 g/mol. The molecule has 0 fully saturated rings. The van der Waals surface area contributed by atoms with E-state index in [4.69, 9.17) is 11.5 Å². The highest BCUT2D eigenvalue weighted by molar-refractivity contribution is 5.48. The van der Waals surface area contributed by atoms with Crippen molar-refractivity contribution in [3.05, 3.63) is 35.4 Å². The molecule has 0 aromatic carbocycles. The fourth-order valence-corrected chi connectivity index (χ4v) is 2.17. The molecule has 2 heterocycles. The fourth-order valence-electron chi connectivity index (χ4n) is 2.17. The van der Waals surface area contributed by atoms with Crippen molar-refractivity contribution in [2.24, 2.45) is 0 Å². The summed E-state index contributed by atoms with van der Waals surface area (Å²) in [5.74, 6) is 2.92. The van der Waals surface area contributed by atoms with E-state index >= 15 is 0 Å². The Labute approximate surface area is 200 Å². The van der Waals surface area contributed by atoms with Crippen molar-refractivity contribution in [2.75, 3.05) is 35.2 Å². The molecule has 0 unspecified atom stereocenters. The number of nitrogens with one attached hydrogen (secondary N) is 2. The van der Waals surface area contributed by atoms with Gasteiger partial charge in [0.15, 0.2) is 0 Å². The van der Waals surface area contributed by atoms with Gasteiger partial charge in [-0.05, 0) is 62.1 Å². The molecule has 6 heteroatoms. The van der Waals surface area contributed by atoms with Gasteiger partial charge in [-0.15, -0.1) is 0 Å². The van der Waals surface area contributed by atoms with Crippen LogP contribution in [0.5, 0.6) is 0 Å². The van der Waals surface area contributed by atoms with Crippen LogP contribution in [0.15, 0.2) is 24.3 Å². The summed E-state index contributed by atoms with van der Waals surface area (Å²) in [6.45, 7) is 18.7. The van der Waals surface area contributed by atoms with Gasteiger partial charge in [0.25, 0.3) is 0 Å². The lowest BCUT2D eigenvalue weighted by molar-refractivity contribution is 1.08. The van der Waals surface area contributed by atoms with E-state index in [1.807, 2.05) is 19.1 Å². The summed E-state index contributed by atoms with van der Waals surface area (Å²) in [5.41, 5.74) is 13.3. The minimum Gasteiger partial charge on any atom is -0.384 e. The van der Waals surface area contributed by atoms with Gasteiger partial charge in [0.05, 0.1) is 0 Å². The summed E-state index contributed by atoms with van der Waals surface area (Å²) < 4.78 is 0. The lowest BCUT2D eigenvalue weighted by atomic mass is 10.2. The van der Waals surface area contributed by atoms with E-state index in [2.05, 4.69) is 81.2 Å². The molecular formula is C26H54N6. The van der Waals surface area contributed by atoms with Gasteiger partial charge >= 0.3 is 0 Å². The van der Waals surface area contributed by atoms with Crippen LogP contribution in [-0.2, 0) is 12.8 Å². The molecule has 0 saturated carbocycles. The van der Waals surface area contributed by atoms with Crippen LogP contribution >= 0.6 is 0 Å². The van der Waals surface area contributed by atoms with Crippen LogP contribution in [0.1, 0.15) is 94.2 Å². The monoisotopic (exact) mass is 450 g/mol. The van der Waals surface area contributed by atoms with Gasteiger partial charge in [-0.1, -0.05) is 69.2 Å². The molecule has 0 radical (unpaired) electrons. The first-order chi connectivity index (χ1) is 14.3. The number of nitrogens with zero attached hydrogens (tertiary/aromatic N) is 2. The summed E-state index contributed by atoms with van der Waals surface area (Å²) >= 11 is 0. The molecule has 6 N–H and O–H groups in total. The maximum absolute atomic E-state index is 5.44. The topological polar surface area (TPSA) is 102 Å². The minimum atomic E-state index is 0. The number of nitrogens with two attached hydrogens (primary N) is 2. The number of anilines is 4. The Balaban J connectivity index is -0.000000192. The normalized spacial score (nSPS) is 8.50. The molecule has 0 aliphatic heterocycles. The molecule has 0 aliphatic carbocycles. The van der Waals surface area contributed by atoms with Gasteiger partial charge in [-0.3, -0.25) is 0 Å². The summed E-state index contributed by atoms with van der Waals surface area (Å²) in [6.07, 6.45) is 4.48. The predicted octanol–water partition coefficient (Wildman–Crippen LogP) is 7.42. The molecule has 188 valence electrons. The van der Waals surface area contributed by atoms with E-state index in [1.165, 1.54) is 18.4 Å². The molecule has 2 rings (SSSR count). The van der Waals surface area contributed by atoms with Crippen molar-refractivity contribution in [1.82, 2.24) is 9.97 Å². The summed E-state index contributed by atoms with van der Waals surface area (Å²) in [5, 5.41) is 6.46. The van der Waals surface area contributed by atoms with E-state index in [0.29, 0.717) is 11.6 Å². The number of rotatable bonds is 6. The van der Waals surface area contributed by atoms with Gasteiger partial charge in [-0.25, -0.2) is 9.97 Å². The van der Waals surface area contributed by atoms with E-state index in [9.17, 15) is 0 Å². The predicted molar refractivity (Wildman–Crippen MR) is 150 cm³/mol. The van der Waals surface area contributed by atoms with Crippen LogP contribution < -0.4 is 22.1 Å². The van der Waals surface area contributed by atoms with Crippen molar-refractivity contribution >= 4 is 23.3 Å². The summed E-state index contributed by atoms with van der Waals surface area (Å²) in [4.78, 5) is 8.28. The van der Waals surface area contributed by atoms with Crippen molar-refractivity contribution in [3.63, 3.8) is 0 Å². The lowest BCUT2D eigenvalue weighted by Gasteiger charge is -2.09. The van der Waals surface area contributed by atoms with Crippen LogP contribution in [0.25, 0.3) is 0 Å². The van der Waals surface area contributed by atoms with Crippen molar-refractivity contribution in [1.29, 1.82) is 0 Å². The van der Waals surface area contributed by atoms with Crippen molar-refractivity contribution in [3.8, 4) is 0 Å². The second kappa shape index (κ2) is 24.8. The van der Waals surface area contributed by atoms with E-state index in [-0.39, 0.29) is 14.9 Å². The molecular weight excluding hydrogens is 396 g/mol. The maximum Gasteiger partial charge on any atom is 0.128 e. The first kappa shape index (κ1) is 36.8. The van der Waals surface area contributed by atoms with Gasteiger partial charge in [-0.2, -0.15) is 0 Å². The summed E-state index contributed by atoms with van der Waals surface area (Å²) in [7, 11) is 0. The third-order valence-electron chi connectivity index (χ3n) is 3.34. The molecule has 32 heavy (non-hydrogen) atoms. The highest BCUT2D eigenvalue weighted by atomic mass is 15.1. The Bertz CT molecular complexity index is 612. The number of aryl methyl sites for hydroxylation is 2. The van der Waals surface area contributed by atoms with Gasteiger partial charge in [0.1, 0.15) is 23.3 Å². The molecule has 2 aromatic heterocycles. The van der Waals surface area contributed by atoms with Crippen molar-refractivity contribution < 1.29 is 0 Å². The largest absolute Gasteiger partial charge is 0.384 e. The molecule has 0 bridgehead atoms. The van der Waals surface area contributed by atoms with Gasteiger partial charge < -0.3 is 22.1 Å². The zero-order valence-corrected chi connectivity index (χ0v) is 20.6. The third kappa shape index (κ3) is 19.5. The zero-order valence-electron chi connectivity index (χ0n) is 20.6. The van der Waals surface area contributed by atoms with Crippen LogP contribution in [0.3, 0.4) is 0 Å². The highest BCUT2D eigenvalue weighted by Gasteiger charge is 1.99. The summed E-state index contributed by atoms with van der Waals surface area (Å²) in [6, 6.07) is 7.86. The second-order valence-electron chi connectivity index (χ2n) is 6.75. The quantitative estimate of drug-likeness (QED) is 0.365. The third-order valence-corrected chi connectivity index (χ3v) is 3.34. The highest BCUT2D eigenvalue weighted by Crippen LogP contribution is 2.14. The van der Waals surface area contributed by atoms with E-state index < -0.39 is 0 Å². The number of pyridine rings is 2. The Kier molecular flexibility index (Phi) is 28.5. The molecule has 0 saturated heterocycles. The van der Waals surface area contributed by atoms with E-state index in [1.54, 1.807) is 0 Å². The van der Waals surface area contributed by atoms with E-state index in [0.717, 1.165) is 43.1 Å². The minimum absolute atomic E-state index is 0. The zero-order chi connectivity index (χ0) is 23.4. The number of hydrogen-bond donors (Lipinski definition) is 4. The van der Waals surface area contributed by atoms with Crippen LogP contribution in [0.4, 0.5) is 23.3 Å². The Morgan fingerprint density at radius 3 is 1.19 bits per heavy atom. The van der Waals surface area contributed by atoms with Crippen LogP contribution in [0, 0.1) is 0 Å². The molecule has 0 amide bonds.